The van der Waals surface area contributed by atoms with Crippen molar-refractivity contribution < 1.29 is 33.4 Å². The summed E-state index contributed by atoms with van der Waals surface area (Å²) in [6, 6.07) is 3.11. The lowest BCUT2D eigenvalue weighted by Crippen LogP contribution is -2.21. The summed E-state index contributed by atoms with van der Waals surface area (Å²) in [6.07, 6.45) is 1.54. The summed E-state index contributed by atoms with van der Waals surface area (Å²) < 4.78 is 14.2. The molecule has 0 fully saturated rings. The number of esters is 3. The molecule has 9 nitrogen and oxygen atoms in total. The molecule has 0 unspecified atom stereocenters. The molecule has 26 heavy (non-hydrogen) atoms. The molecule has 0 bridgehead atoms. The SMILES string of the molecule is COC(=O)c1sc(NC(=O)COC(=O)c2ccc[nH]2)c(C(=O)OC)c1C. The Labute approximate surface area is 152 Å². The maximum atomic E-state index is 12.0. The quantitative estimate of drug-likeness (QED) is 0.578. The second-order valence-corrected chi connectivity index (χ2v) is 5.97. The smallest absolute Gasteiger partial charge is 0.355 e. The highest BCUT2D eigenvalue weighted by atomic mass is 32.1. The van der Waals surface area contributed by atoms with Crippen LogP contribution in [-0.4, -0.2) is 49.6 Å². The molecule has 2 aromatic rings. The second kappa shape index (κ2) is 8.30. The average molecular weight is 380 g/mol. The van der Waals surface area contributed by atoms with Gasteiger partial charge in [0.15, 0.2) is 6.61 Å². The van der Waals surface area contributed by atoms with Crippen LogP contribution in [-0.2, 0) is 19.0 Å². The zero-order valence-corrected chi connectivity index (χ0v) is 15.0. The Morgan fingerprint density at radius 1 is 1.12 bits per heavy atom. The molecule has 2 N–H and O–H groups in total. The average Bonchev–Trinajstić information content (AvgIpc) is 3.27. The number of ether oxygens (including phenoxy) is 3. The van der Waals surface area contributed by atoms with Crippen molar-refractivity contribution in [2.75, 3.05) is 26.1 Å². The van der Waals surface area contributed by atoms with E-state index in [4.69, 9.17) is 4.74 Å². The molecule has 0 spiro atoms. The van der Waals surface area contributed by atoms with Crippen LogP contribution >= 0.6 is 11.3 Å². The van der Waals surface area contributed by atoms with Gasteiger partial charge in [0.25, 0.3) is 5.91 Å². The largest absolute Gasteiger partial charge is 0.465 e. The first-order valence-electron chi connectivity index (χ1n) is 7.29. The number of carbonyl (C=O) groups excluding carboxylic acids is 4. The van der Waals surface area contributed by atoms with E-state index < -0.39 is 30.4 Å². The number of aromatic nitrogens is 1. The van der Waals surface area contributed by atoms with Gasteiger partial charge in [0.05, 0.1) is 19.8 Å². The molecule has 0 radical (unpaired) electrons. The summed E-state index contributed by atoms with van der Waals surface area (Å²) in [7, 11) is 2.39. The number of aromatic amines is 1. The van der Waals surface area contributed by atoms with Gasteiger partial charge in [-0.15, -0.1) is 11.3 Å². The van der Waals surface area contributed by atoms with Gasteiger partial charge in [0.1, 0.15) is 15.6 Å². The highest BCUT2D eigenvalue weighted by Crippen LogP contribution is 2.34. The molecule has 0 saturated heterocycles. The Hall–Kier alpha value is -3.14. The van der Waals surface area contributed by atoms with Gasteiger partial charge in [-0.2, -0.15) is 0 Å². The summed E-state index contributed by atoms with van der Waals surface area (Å²) in [5, 5.41) is 2.56. The summed E-state index contributed by atoms with van der Waals surface area (Å²) in [5.41, 5.74) is 0.572. The molecular weight excluding hydrogens is 364 g/mol. The van der Waals surface area contributed by atoms with Gasteiger partial charge in [-0.3, -0.25) is 4.79 Å². The molecule has 2 rings (SSSR count). The first-order chi connectivity index (χ1) is 12.4. The van der Waals surface area contributed by atoms with E-state index in [-0.39, 0.29) is 21.1 Å². The van der Waals surface area contributed by atoms with Gasteiger partial charge >= 0.3 is 17.9 Å². The van der Waals surface area contributed by atoms with Crippen LogP contribution in [0.4, 0.5) is 5.00 Å². The van der Waals surface area contributed by atoms with Gasteiger partial charge in [-0.25, -0.2) is 14.4 Å². The Morgan fingerprint density at radius 2 is 1.81 bits per heavy atom. The Kier molecular flexibility index (Phi) is 6.12. The number of thiophene rings is 1. The van der Waals surface area contributed by atoms with Gasteiger partial charge < -0.3 is 24.5 Å². The number of hydrogen-bond acceptors (Lipinski definition) is 8. The fourth-order valence-electron chi connectivity index (χ4n) is 2.07. The number of anilines is 1. The molecule has 0 atom stereocenters. The lowest BCUT2D eigenvalue weighted by atomic mass is 10.1. The van der Waals surface area contributed by atoms with Gasteiger partial charge in [0, 0.05) is 6.20 Å². The van der Waals surface area contributed by atoms with Crippen molar-refractivity contribution in [1.29, 1.82) is 0 Å². The topological polar surface area (TPSA) is 124 Å². The maximum absolute atomic E-state index is 12.0. The van der Waals surface area contributed by atoms with Crippen LogP contribution in [0.2, 0.25) is 0 Å². The third kappa shape index (κ3) is 4.09. The fourth-order valence-corrected chi connectivity index (χ4v) is 3.19. The Bertz CT molecular complexity index is 839. The number of carbonyl (C=O) groups is 4. The fraction of sp³-hybridized carbons (Fsp3) is 0.250. The summed E-state index contributed by atoms with van der Waals surface area (Å²) in [5.74, 6) is -2.73. The van der Waals surface area contributed by atoms with E-state index in [0.717, 1.165) is 11.3 Å². The van der Waals surface area contributed by atoms with Crippen LogP contribution in [0, 0.1) is 6.92 Å². The van der Waals surface area contributed by atoms with E-state index in [9.17, 15) is 19.2 Å². The summed E-state index contributed by atoms with van der Waals surface area (Å²) >= 11 is 0.869. The standard InChI is InChI=1S/C16H16N2O7S/c1-8-11(15(21)23-2)13(26-12(8)16(22)24-3)18-10(19)7-25-14(20)9-5-4-6-17-9/h4-6,17H,7H2,1-3H3,(H,18,19). The van der Waals surface area contributed by atoms with Crippen LogP contribution in [0.5, 0.6) is 0 Å². The normalized spacial score (nSPS) is 10.1. The number of amides is 1. The molecule has 2 aromatic heterocycles. The van der Waals surface area contributed by atoms with Crippen LogP contribution in [0.1, 0.15) is 36.1 Å². The number of nitrogens with one attached hydrogen (secondary N) is 2. The second-order valence-electron chi connectivity index (χ2n) is 4.95. The molecule has 1 amide bonds. The van der Waals surface area contributed by atoms with Crippen molar-refractivity contribution in [3.63, 3.8) is 0 Å². The molecule has 0 aliphatic heterocycles. The Balaban J connectivity index is 2.14. The highest BCUT2D eigenvalue weighted by molar-refractivity contribution is 7.18. The summed E-state index contributed by atoms with van der Waals surface area (Å²) in [6.45, 7) is 0.971. The molecule has 2 heterocycles. The molecule has 0 aromatic carbocycles. The number of H-pyrrole nitrogens is 1. The monoisotopic (exact) mass is 380 g/mol. The van der Waals surface area contributed by atoms with Crippen LogP contribution in [0.3, 0.4) is 0 Å². The molecule has 0 aliphatic carbocycles. The lowest BCUT2D eigenvalue weighted by Gasteiger charge is -2.06. The van der Waals surface area contributed by atoms with Crippen molar-refractivity contribution in [3.8, 4) is 0 Å². The third-order valence-electron chi connectivity index (χ3n) is 3.31. The predicted octanol–water partition coefficient (Wildman–Crippen LogP) is 1.75. The zero-order chi connectivity index (χ0) is 19.3. The van der Waals surface area contributed by atoms with Crippen LogP contribution < -0.4 is 5.32 Å². The van der Waals surface area contributed by atoms with Crippen molar-refractivity contribution in [2.24, 2.45) is 0 Å². The minimum absolute atomic E-state index is 0.0435. The van der Waals surface area contributed by atoms with E-state index >= 15 is 0 Å². The van der Waals surface area contributed by atoms with Crippen molar-refractivity contribution >= 4 is 40.2 Å². The van der Waals surface area contributed by atoms with E-state index in [1.807, 2.05) is 0 Å². The number of hydrogen-bond donors (Lipinski definition) is 2. The van der Waals surface area contributed by atoms with Crippen molar-refractivity contribution in [1.82, 2.24) is 4.98 Å². The Morgan fingerprint density at radius 3 is 2.38 bits per heavy atom. The first kappa shape index (κ1) is 19.2. The van der Waals surface area contributed by atoms with Crippen molar-refractivity contribution in [2.45, 2.75) is 6.92 Å². The predicted molar refractivity (Wildman–Crippen MR) is 91.4 cm³/mol. The zero-order valence-electron chi connectivity index (χ0n) is 14.2. The maximum Gasteiger partial charge on any atom is 0.355 e. The van der Waals surface area contributed by atoms with Crippen LogP contribution in [0.15, 0.2) is 18.3 Å². The number of methoxy groups -OCH3 is 2. The van der Waals surface area contributed by atoms with E-state index in [2.05, 4.69) is 19.8 Å². The van der Waals surface area contributed by atoms with Gasteiger partial charge in [-0.1, -0.05) is 0 Å². The van der Waals surface area contributed by atoms with E-state index in [1.54, 1.807) is 12.3 Å². The molecule has 138 valence electrons. The molecule has 10 heteroatoms. The van der Waals surface area contributed by atoms with Gasteiger partial charge in [-0.05, 0) is 24.6 Å². The minimum atomic E-state index is -0.715. The third-order valence-corrected chi connectivity index (χ3v) is 4.50. The van der Waals surface area contributed by atoms with Gasteiger partial charge in [0.2, 0.25) is 0 Å². The van der Waals surface area contributed by atoms with Crippen LogP contribution in [0.25, 0.3) is 0 Å². The number of rotatable bonds is 6. The summed E-state index contributed by atoms with van der Waals surface area (Å²) in [4.78, 5) is 50.3. The minimum Gasteiger partial charge on any atom is -0.465 e. The lowest BCUT2D eigenvalue weighted by molar-refractivity contribution is -0.119. The molecule has 0 aliphatic rings. The molecule has 0 saturated carbocycles. The van der Waals surface area contributed by atoms with E-state index in [0.29, 0.717) is 5.56 Å². The van der Waals surface area contributed by atoms with E-state index in [1.165, 1.54) is 27.2 Å². The van der Waals surface area contributed by atoms with Crippen molar-refractivity contribution in [3.05, 3.63) is 40.0 Å². The highest BCUT2D eigenvalue weighted by Gasteiger charge is 2.27. The first-order valence-corrected chi connectivity index (χ1v) is 8.11. The molecular formula is C16H16N2O7S.